The lowest BCUT2D eigenvalue weighted by Crippen LogP contribution is -2.31. The SMILES string of the molecule is CN(C)CCNC(=O)c1ccc(Nc2ccccc2)cn1. The molecule has 0 aliphatic rings. The fraction of sp³-hybridized carbons (Fsp3) is 0.250. The Kier molecular flexibility index (Phi) is 5.29. The van der Waals surface area contributed by atoms with Crippen molar-refractivity contribution in [1.29, 1.82) is 0 Å². The third kappa shape index (κ3) is 4.89. The lowest BCUT2D eigenvalue weighted by atomic mass is 10.3. The highest BCUT2D eigenvalue weighted by atomic mass is 16.1. The van der Waals surface area contributed by atoms with Crippen molar-refractivity contribution >= 4 is 17.3 Å². The molecule has 0 atom stereocenters. The van der Waals surface area contributed by atoms with Gasteiger partial charge in [-0.05, 0) is 38.4 Å². The Morgan fingerprint density at radius 3 is 2.48 bits per heavy atom. The molecule has 0 aliphatic carbocycles. The van der Waals surface area contributed by atoms with E-state index in [0.717, 1.165) is 17.9 Å². The quantitative estimate of drug-likeness (QED) is 0.853. The van der Waals surface area contributed by atoms with Crippen LogP contribution in [0.15, 0.2) is 48.7 Å². The van der Waals surface area contributed by atoms with E-state index in [0.29, 0.717) is 12.2 Å². The monoisotopic (exact) mass is 284 g/mol. The second kappa shape index (κ2) is 7.40. The number of anilines is 2. The summed E-state index contributed by atoms with van der Waals surface area (Å²) in [6, 6.07) is 13.4. The highest BCUT2D eigenvalue weighted by Crippen LogP contribution is 2.14. The van der Waals surface area contributed by atoms with E-state index in [1.54, 1.807) is 12.3 Å². The largest absolute Gasteiger partial charge is 0.354 e. The van der Waals surface area contributed by atoms with Crippen LogP contribution in [-0.2, 0) is 0 Å². The van der Waals surface area contributed by atoms with Gasteiger partial charge in [-0.25, -0.2) is 4.98 Å². The maximum atomic E-state index is 11.9. The Bertz CT molecular complexity index is 567. The lowest BCUT2D eigenvalue weighted by Gasteiger charge is -2.10. The average molecular weight is 284 g/mol. The van der Waals surface area contributed by atoms with E-state index in [9.17, 15) is 4.79 Å². The number of carbonyl (C=O) groups is 1. The molecule has 1 aromatic heterocycles. The zero-order chi connectivity index (χ0) is 15.1. The molecule has 0 bridgehead atoms. The standard InChI is InChI=1S/C16H20N4O/c1-20(2)11-10-17-16(21)15-9-8-14(12-18-15)19-13-6-4-3-5-7-13/h3-9,12,19H,10-11H2,1-2H3,(H,17,21). The second-order valence-electron chi connectivity index (χ2n) is 4.98. The van der Waals surface area contributed by atoms with Crippen LogP contribution in [0.4, 0.5) is 11.4 Å². The summed E-state index contributed by atoms with van der Waals surface area (Å²) in [7, 11) is 3.93. The predicted octanol–water partition coefficient (Wildman–Crippen LogP) is 2.12. The van der Waals surface area contributed by atoms with E-state index in [4.69, 9.17) is 0 Å². The summed E-state index contributed by atoms with van der Waals surface area (Å²) < 4.78 is 0. The number of likely N-dealkylation sites (N-methyl/N-ethyl adjacent to an activating group) is 1. The van der Waals surface area contributed by atoms with Gasteiger partial charge >= 0.3 is 0 Å². The summed E-state index contributed by atoms with van der Waals surface area (Å²) in [5, 5.41) is 6.06. The Labute approximate surface area is 125 Å². The molecule has 0 aliphatic heterocycles. The first-order valence-electron chi connectivity index (χ1n) is 6.86. The molecule has 0 saturated carbocycles. The third-order valence-corrected chi connectivity index (χ3v) is 2.90. The molecule has 5 heteroatoms. The van der Waals surface area contributed by atoms with Crippen LogP contribution in [0.25, 0.3) is 0 Å². The van der Waals surface area contributed by atoms with Crippen LogP contribution in [0, 0.1) is 0 Å². The number of pyridine rings is 1. The molecule has 110 valence electrons. The molecule has 2 rings (SSSR count). The molecular formula is C16H20N4O. The van der Waals surface area contributed by atoms with Crippen LogP contribution in [-0.4, -0.2) is 43.0 Å². The first-order valence-corrected chi connectivity index (χ1v) is 6.86. The van der Waals surface area contributed by atoms with Gasteiger partial charge in [0, 0.05) is 18.8 Å². The van der Waals surface area contributed by atoms with Gasteiger partial charge in [-0.3, -0.25) is 4.79 Å². The van der Waals surface area contributed by atoms with E-state index in [2.05, 4.69) is 15.6 Å². The third-order valence-electron chi connectivity index (χ3n) is 2.90. The molecular weight excluding hydrogens is 264 g/mol. The van der Waals surface area contributed by atoms with Crippen molar-refractivity contribution in [2.24, 2.45) is 0 Å². The number of para-hydroxylation sites is 1. The van der Waals surface area contributed by atoms with Crippen LogP contribution in [0.2, 0.25) is 0 Å². The number of benzene rings is 1. The number of nitrogens with zero attached hydrogens (tertiary/aromatic N) is 2. The lowest BCUT2D eigenvalue weighted by molar-refractivity contribution is 0.0946. The second-order valence-corrected chi connectivity index (χ2v) is 4.98. The highest BCUT2D eigenvalue weighted by molar-refractivity contribution is 5.92. The molecule has 0 unspecified atom stereocenters. The summed E-state index contributed by atoms with van der Waals surface area (Å²) in [6.07, 6.45) is 1.66. The fourth-order valence-electron chi connectivity index (χ4n) is 1.77. The number of carbonyl (C=O) groups excluding carboxylic acids is 1. The van der Waals surface area contributed by atoms with E-state index >= 15 is 0 Å². The Hall–Kier alpha value is -2.40. The molecule has 0 spiro atoms. The molecule has 5 nitrogen and oxygen atoms in total. The van der Waals surface area contributed by atoms with E-state index in [1.165, 1.54) is 0 Å². The zero-order valence-electron chi connectivity index (χ0n) is 12.3. The number of hydrogen-bond donors (Lipinski definition) is 2. The normalized spacial score (nSPS) is 10.4. The smallest absolute Gasteiger partial charge is 0.269 e. The topological polar surface area (TPSA) is 57.3 Å². The van der Waals surface area contributed by atoms with Crippen molar-refractivity contribution in [3.63, 3.8) is 0 Å². The fourth-order valence-corrected chi connectivity index (χ4v) is 1.77. The van der Waals surface area contributed by atoms with Gasteiger partial charge in [0.1, 0.15) is 5.69 Å². The summed E-state index contributed by atoms with van der Waals surface area (Å²) >= 11 is 0. The molecule has 0 saturated heterocycles. The van der Waals surface area contributed by atoms with Gasteiger partial charge in [0.25, 0.3) is 5.91 Å². The van der Waals surface area contributed by atoms with Gasteiger partial charge in [-0.2, -0.15) is 0 Å². The Balaban J connectivity index is 1.91. The van der Waals surface area contributed by atoms with Gasteiger partial charge < -0.3 is 15.5 Å². The molecule has 0 fully saturated rings. The summed E-state index contributed by atoms with van der Waals surface area (Å²) in [6.45, 7) is 1.41. The van der Waals surface area contributed by atoms with Gasteiger partial charge in [-0.1, -0.05) is 18.2 Å². The molecule has 1 amide bonds. The molecule has 1 heterocycles. The molecule has 2 aromatic rings. The maximum Gasteiger partial charge on any atom is 0.269 e. The van der Waals surface area contributed by atoms with Crippen molar-refractivity contribution in [3.05, 3.63) is 54.4 Å². The predicted molar refractivity (Wildman–Crippen MR) is 84.8 cm³/mol. The van der Waals surface area contributed by atoms with Crippen molar-refractivity contribution in [1.82, 2.24) is 15.2 Å². The van der Waals surface area contributed by atoms with Gasteiger partial charge in [0.15, 0.2) is 0 Å². The van der Waals surface area contributed by atoms with E-state index in [-0.39, 0.29) is 5.91 Å². The molecule has 2 N–H and O–H groups in total. The first-order chi connectivity index (χ1) is 10.1. The van der Waals surface area contributed by atoms with E-state index < -0.39 is 0 Å². The average Bonchev–Trinajstić information content (AvgIpc) is 2.48. The number of rotatable bonds is 6. The van der Waals surface area contributed by atoms with Crippen LogP contribution >= 0.6 is 0 Å². The van der Waals surface area contributed by atoms with E-state index in [1.807, 2.05) is 55.4 Å². The maximum absolute atomic E-state index is 11.9. The van der Waals surface area contributed by atoms with Gasteiger partial charge in [0.05, 0.1) is 11.9 Å². The van der Waals surface area contributed by atoms with Crippen LogP contribution in [0.1, 0.15) is 10.5 Å². The highest BCUT2D eigenvalue weighted by Gasteiger charge is 2.06. The number of aromatic nitrogens is 1. The molecule has 0 radical (unpaired) electrons. The number of hydrogen-bond acceptors (Lipinski definition) is 4. The summed E-state index contributed by atoms with van der Waals surface area (Å²) in [4.78, 5) is 18.1. The summed E-state index contributed by atoms with van der Waals surface area (Å²) in [5.41, 5.74) is 2.26. The summed E-state index contributed by atoms with van der Waals surface area (Å²) in [5.74, 6) is -0.150. The van der Waals surface area contributed by atoms with Crippen molar-refractivity contribution in [3.8, 4) is 0 Å². The minimum Gasteiger partial charge on any atom is -0.354 e. The van der Waals surface area contributed by atoms with Crippen molar-refractivity contribution in [2.45, 2.75) is 0 Å². The van der Waals surface area contributed by atoms with Crippen LogP contribution in [0.5, 0.6) is 0 Å². The zero-order valence-corrected chi connectivity index (χ0v) is 12.3. The van der Waals surface area contributed by atoms with Gasteiger partial charge in [0.2, 0.25) is 0 Å². The van der Waals surface area contributed by atoms with Crippen LogP contribution < -0.4 is 10.6 Å². The van der Waals surface area contributed by atoms with Gasteiger partial charge in [-0.15, -0.1) is 0 Å². The number of amides is 1. The Morgan fingerprint density at radius 2 is 1.86 bits per heavy atom. The molecule has 1 aromatic carbocycles. The minimum absolute atomic E-state index is 0.150. The minimum atomic E-state index is -0.150. The van der Waals surface area contributed by atoms with Crippen molar-refractivity contribution < 1.29 is 4.79 Å². The Morgan fingerprint density at radius 1 is 1.10 bits per heavy atom. The van der Waals surface area contributed by atoms with Crippen LogP contribution in [0.3, 0.4) is 0 Å². The van der Waals surface area contributed by atoms with Crippen molar-refractivity contribution in [2.75, 3.05) is 32.5 Å². The number of nitrogens with one attached hydrogen (secondary N) is 2. The molecule has 21 heavy (non-hydrogen) atoms. The first kappa shape index (κ1) is 15.0.